The summed E-state index contributed by atoms with van der Waals surface area (Å²) in [5, 5.41) is 12.6. The Kier molecular flexibility index (Phi) is 4.35. The van der Waals surface area contributed by atoms with Crippen LogP contribution in [0, 0.1) is 0 Å². The molecule has 0 aliphatic heterocycles. The van der Waals surface area contributed by atoms with Crippen molar-refractivity contribution >= 4 is 11.6 Å². The van der Waals surface area contributed by atoms with Gasteiger partial charge in [-0.05, 0) is 42.2 Å². The van der Waals surface area contributed by atoms with Gasteiger partial charge < -0.3 is 10.4 Å². The Hall–Kier alpha value is -2.36. The number of anilines is 1. The lowest BCUT2D eigenvalue weighted by atomic mass is 9.98. The summed E-state index contributed by atoms with van der Waals surface area (Å²) in [5.41, 5.74) is 1.98. The molecule has 4 nitrogen and oxygen atoms in total. The molecule has 0 fully saturated rings. The summed E-state index contributed by atoms with van der Waals surface area (Å²) < 4.78 is 0. The van der Waals surface area contributed by atoms with Crippen LogP contribution in [0.3, 0.4) is 0 Å². The number of carbonyl (C=O) groups excluding carboxylic acids is 1. The molecule has 0 saturated carbocycles. The van der Waals surface area contributed by atoms with Crippen LogP contribution in [0.5, 0.6) is 5.75 Å². The van der Waals surface area contributed by atoms with Crippen LogP contribution < -0.4 is 5.32 Å². The minimum absolute atomic E-state index is 0.0642. The van der Waals surface area contributed by atoms with Gasteiger partial charge in [0, 0.05) is 12.4 Å². The maximum atomic E-state index is 12.1. The number of hydrogen-bond acceptors (Lipinski definition) is 3. The lowest BCUT2D eigenvalue weighted by Crippen LogP contribution is -2.12. The van der Waals surface area contributed by atoms with Crippen LogP contribution in [0.2, 0.25) is 0 Å². The molecule has 1 aromatic heterocycles. The van der Waals surface area contributed by atoms with Crippen molar-refractivity contribution in [2.24, 2.45) is 0 Å². The van der Waals surface area contributed by atoms with Crippen molar-refractivity contribution in [1.82, 2.24) is 4.98 Å². The van der Waals surface area contributed by atoms with Crippen molar-refractivity contribution in [1.29, 1.82) is 0 Å². The summed E-state index contributed by atoms with van der Waals surface area (Å²) in [4.78, 5) is 16.0. The van der Waals surface area contributed by atoms with Gasteiger partial charge in [-0.1, -0.05) is 19.9 Å². The molecular formula is C16H18N2O2. The number of pyridine rings is 1. The van der Waals surface area contributed by atoms with Gasteiger partial charge in [-0.25, -0.2) is 0 Å². The molecule has 1 unspecified atom stereocenters. The van der Waals surface area contributed by atoms with E-state index in [4.69, 9.17) is 0 Å². The first-order chi connectivity index (χ1) is 9.61. The Morgan fingerprint density at radius 3 is 2.85 bits per heavy atom. The number of nitrogens with zero attached hydrogens (tertiary/aromatic N) is 1. The Balaban J connectivity index is 2.22. The molecule has 0 bridgehead atoms. The number of hydrogen-bond donors (Lipinski definition) is 2. The second kappa shape index (κ2) is 6.19. The highest BCUT2D eigenvalue weighted by Gasteiger charge is 2.11. The Labute approximate surface area is 118 Å². The number of amides is 1. The van der Waals surface area contributed by atoms with Crippen molar-refractivity contribution in [3.05, 3.63) is 53.9 Å². The fraction of sp³-hybridized carbons (Fsp3) is 0.250. The quantitative estimate of drug-likeness (QED) is 0.835. The van der Waals surface area contributed by atoms with Gasteiger partial charge in [-0.2, -0.15) is 0 Å². The molecule has 2 rings (SSSR count). The Morgan fingerprint density at radius 2 is 2.20 bits per heavy atom. The highest BCUT2D eigenvalue weighted by molar-refractivity contribution is 6.04. The minimum Gasteiger partial charge on any atom is -0.506 e. The van der Waals surface area contributed by atoms with Crippen LogP contribution in [0.1, 0.15) is 42.1 Å². The largest absolute Gasteiger partial charge is 0.506 e. The average Bonchev–Trinajstić information content (AvgIpc) is 2.49. The molecule has 1 atom stereocenters. The molecule has 2 aromatic rings. The summed E-state index contributed by atoms with van der Waals surface area (Å²) in [5.74, 6) is 0.161. The molecule has 104 valence electrons. The number of phenolic OH excluding ortho intramolecular Hbond substituents is 1. The number of aromatic hydroxyl groups is 1. The van der Waals surface area contributed by atoms with Gasteiger partial charge >= 0.3 is 0 Å². The zero-order chi connectivity index (χ0) is 14.5. The topological polar surface area (TPSA) is 62.2 Å². The van der Waals surface area contributed by atoms with Crippen LogP contribution in [-0.4, -0.2) is 16.0 Å². The zero-order valence-electron chi connectivity index (χ0n) is 11.6. The molecule has 2 N–H and O–H groups in total. The lowest BCUT2D eigenvalue weighted by molar-refractivity contribution is 0.102. The van der Waals surface area contributed by atoms with Gasteiger partial charge in [0.05, 0.1) is 11.3 Å². The van der Waals surface area contributed by atoms with Crippen molar-refractivity contribution in [2.45, 2.75) is 26.2 Å². The van der Waals surface area contributed by atoms with Gasteiger partial charge in [0.15, 0.2) is 0 Å². The van der Waals surface area contributed by atoms with Crippen LogP contribution in [0.25, 0.3) is 0 Å². The molecule has 0 spiro atoms. The Bertz CT molecular complexity index is 597. The van der Waals surface area contributed by atoms with Crippen LogP contribution in [0.15, 0.2) is 42.7 Å². The minimum atomic E-state index is -0.283. The van der Waals surface area contributed by atoms with E-state index in [1.165, 1.54) is 6.20 Å². The van der Waals surface area contributed by atoms with Crippen molar-refractivity contribution in [3.8, 4) is 5.75 Å². The normalized spacial score (nSPS) is 11.9. The van der Waals surface area contributed by atoms with E-state index < -0.39 is 0 Å². The number of aromatic nitrogens is 1. The monoisotopic (exact) mass is 270 g/mol. The van der Waals surface area contributed by atoms with E-state index in [1.54, 1.807) is 24.4 Å². The smallest absolute Gasteiger partial charge is 0.257 e. The molecule has 0 aliphatic rings. The summed E-state index contributed by atoms with van der Waals surface area (Å²) in [6, 6.07) is 8.68. The molecule has 0 aliphatic carbocycles. The lowest BCUT2D eigenvalue weighted by Gasteiger charge is -2.13. The van der Waals surface area contributed by atoms with Crippen molar-refractivity contribution < 1.29 is 9.90 Å². The highest BCUT2D eigenvalue weighted by atomic mass is 16.3. The third kappa shape index (κ3) is 3.15. The standard InChI is InChI=1S/C16H18N2O2/c1-3-11(2)12-6-7-15(19)14(9-12)18-16(20)13-5-4-8-17-10-13/h4-11,19H,3H2,1-2H3,(H,18,20). The number of rotatable bonds is 4. The number of nitrogens with one attached hydrogen (secondary N) is 1. The second-order valence-electron chi connectivity index (χ2n) is 4.78. The number of phenols is 1. The first-order valence-corrected chi connectivity index (χ1v) is 6.66. The summed E-state index contributed by atoms with van der Waals surface area (Å²) in [6.45, 7) is 4.21. The first kappa shape index (κ1) is 14.1. The molecule has 0 saturated heterocycles. The summed E-state index contributed by atoms with van der Waals surface area (Å²) >= 11 is 0. The van der Waals surface area contributed by atoms with Crippen LogP contribution in [0.4, 0.5) is 5.69 Å². The number of benzene rings is 1. The Morgan fingerprint density at radius 1 is 1.40 bits per heavy atom. The van der Waals surface area contributed by atoms with E-state index in [9.17, 15) is 9.90 Å². The fourth-order valence-electron chi connectivity index (χ4n) is 1.89. The van der Waals surface area contributed by atoms with E-state index in [-0.39, 0.29) is 11.7 Å². The summed E-state index contributed by atoms with van der Waals surface area (Å²) in [7, 11) is 0. The molecular weight excluding hydrogens is 252 g/mol. The third-order valence-electron chi connectivity index (χ3n) is 3.37. The van der Waals surface area contributed by atoms with Gasteiger partial charge in [0.25, 0.3) is 5.91 Å². The van der Waals surface area contributed by atoms with Gasteiger partial charge in [-0.3, -0.25) is 9.78 Å². The molecule has 0 radical (unpaired) electrons. The molecule has 1 aromatic carbocycles. The van der Waals surface area contributed by atoms with Crippen molar-refractivity contribution in [3.63, 3.8) is 0 Å². The van der Waals surface area contributed by atoms with E-state index in [1.807, 2.05) is 12.1 Å². The maximum absolute atomic E-state index is 12.1. The highest BCUT2D eigenvalue weighted by Crippen LogP contribution is 2.29. The molecule has 4 heteroatoms. The van der Waals surface area contributed by atoms with E-state index in [0.717, 1.165) is 12.0 Å². The van der Waals surface area contributed by atoms with Crippen LogP contribution >= 0.6 is 0 Å². The van der Waals surface area contributed by atoms with E-state index in [2.05, 4.69) is 24.1 Å². The van der Waals surface area contributed by atoms with Gasteiger partial charge in [0.1, 0.15) is 5.75 Å². The predicted molar refractivity (Wildman–Crippen MR) is 79.0 cm³/mol. The van der Waals surface area contributed by atoms with Gasteiger partial charge in [-0.15, -0.1) is 0 Å². The molecule has 20 heavy (non-hydrogen) atoms. The predicted octanol–water partition coefficient (Wildman–Crippen LogP) is 3.55. The fourth-order valence-corrected chi connectivity index (χ4v) is 1.89. The maximum Gasteiger partial charge on any atom is 0.257 e. The van der Waals surface area contributed by atoms with E-state index >= 15 is 0 Å². The average molecular weight is 270 g/mol. The molecule has 1 amide bonds. The van der Waals surface area contributed by atoms with Crippen LogP contribution in [-0.2, 0) is 0 Å². The SMILES string of the molecule is CCC(C)c1ccc(O)c(NC(=O)c2cccnc2)c1. The first-order valence-electron chi connectivity index (χ1n) is 6.66. The van der Waals surface area contributed by atoms with Gasteiger partial charge in [0.2, 0.25) is 0 Å². The van der Waals surface area contributed by atoms with Crippen molar-refractivity contribution in [2.75, 3.05) is 5.32 Å². The molecule has 1 heterocycles. The van der Waals surface area contributed by atoms with E-state index in [0.29, 0.717) is 17.2 Å². The number of carbonyl (C=O) groups is 1. The summed E-state index contributed by atoms with van der Waals surface area (Å²) in [6.07, 6.45) is 4.10. The second-order valence-corrected chi connectivity index (χ2v) is 4.78. The zero-order valence-corrected chi connectivity index (χ0v) is 11.6. The third-order valence-corrected chi connectivity index (χ3v) is 3.37.